The topological polar surface area (TPSA) is 37.8 Å². The van der Waals surface area contributed by atoms with Gasteiger partial charge in [-0.05, 0) is 42.0 Å². The Morgan fingerprint density at radius 1 is 1.29 bits per heavy atom. The lowest BCUT2D eigenvalue weighted by Gasteiger charge is -2.08. The standard InChI is InChI=1S/C13H14IN3/c1-3-15-13-11(14)8-16-12(17-13)10-7-5-4-6-9(10)2/h4-8H,3H2,1-2H3,(H,15,16,17). The number of nitrogens with one attached hydrogen (secondary N) is 1. The fraction of sp³-hybridized carbons (Fsp3) is 0.231. The molecule has 0 spiro atoms. The van der Waals surface area contributed by atoms with Crippen LogP contribution >= 0.6 is 22.6 Å². The van der Waals surface area contributed by atoms with Gasteiger partial charge in [-0.25, -0.2) is 9.97 Å². The molecule has 1 aromatic carbocycles. The number of anilines is 1. The van der Waals surface area contributed by atoms with Gasteiger partial charge in [0.05, 0.1) is 3.57 Å². The van der Waals surface area contributed by atoms with Gasteiger partial charge in [0.25, 0.3) is 0 Å². The molecule has 3 nitrogen and oxygen atoms in total. The van der Waals surface area contributed by atoms with Crippen LogP contribution in [0.1, 0.15) is 12.5 Å². The van der Waals surface area contributed by atoms with Gasteiger partial charge in [0.2, 0.25) is 0 Å². The number of hydrogen-bond donors (Lipinski definition) is 1. The maximum atomic E-state index is 4.56. The van der Waals surface area contributed by atoms with Crippen molar-refractivity contribution in [1.82, 2.24) is 9.97 Å². The highest BCUT2D eigenvalue weighted by molar-refractivity contribution is 14.1. The number of nitrogens with zero attached hydrogens (tertiary/aromatic N) is 2. The molecule has 0 unspecified atom stereocenters. The minimum atomic E-state index is 0.777. The summed E-state index contributed by atoms with van der Waals surface area (Å²) in [5.41, 5.74) is 2.28. The molecule has 0 radical (unpaired) electrons. The molecule has 0 aliphatic rings. The fourth-order valence-electron chi connectivity index (χ4n) is 1.61. The van der Waals surface area contributed by atoms with Gasteiger partial charge in [-0.3, -0.25) is 0 Å². The molecule has 88 valence electrons. The zero-order valence-corrected chi connectivity index (χ0v) is 12.0. The van der Waals surface area contributed by atoms with Gasteiger partial charge in [0, 0.05) is 18.3 Å². The average Bonchev–Trinajstić information content (AvgIpc) is 2.33. The molecular formula is C13H14IN3. The van der Waals surface area contributed by atoms with Gasteiger partial charge in [-0.15, -0.1) is 0 Å². The molecule has 0 bridgehead atoms. The zero-order valence-electron chi connectivity index (χ0n) is 9.87. The number of benzene rings is 1. The van der Waals surface area contributed by atoms with E-state index in [1.54, 1.807) is 0 Å². The number of hydrogen-bond acceptors (Lipinski definition) is 3. The third-order valence-electron chi connectivity index (χ3n) is 2.47. The maximum Gasteiger partial charge on any atom is 0.161 e. The van der Waals surface area contributed by atoms with Crippen LogP contribution in [-0.2, 0) is 0 Å². The van der Waals surface area contributed by atoms with Gasteiger partial charge in [-0.1, -0.05) is 24.3 Å². The molecule has 0 aliphatic heterocycles. The lowest BCUT2D eigenvalue weighted by Crippen LogP contribution is -2.04. The van der Waals surface area contributed by atoms with Crippen LogP contribution in [0.2, 0.25) is 0 Å². The summed E-state index contributed by atoms with van der Waals surface area (Å²) < 4.78 is 1.04. The first-order valence-electron chi connectivity index (χ1n) is 5.54. The Kier molecular flexibility index (Phi) is 3.93. The molecule has 0 aliphatic carbocycles. The summed E-state index contributed by atoms with van der Waals surface area (Å²) in [5, 5.41) is 3.25. The minimum Gasteiger partial charge on any atom is -0.369 e. The summed E-state index contributed by atoms with van der Waals surface area (Å²) in [6, 6.07) is 8.16. The average molecular weight is 339 g/mol. The first-order valence-corrected chi connectivity index (χ1v) is 6.62. The van der Waals surface area contributed by atoms with E-state index < -0.39 is 0 Å². The largest absolute Gasteiger partial charge is 0.369 e. The van der Waals surface area contributed by atoms with Crippen LogP contribution in [0.15, 0.2) is 30.5 Å². The highest BCUT2D eigenvalue weighted by atomic mass is 127. The smallest absolute Gasteiger partial charge is 0.161 e. The van der Waals surface area contributed by atoms with E-state index in [0.717, 1.165) is 27.3 Å². The van der Waals surface area contributed by atoms with E-state index in [1.807, 2.05) is 24.4 Å². The van der Waals surface area contributed by atoms with Crippen molar-refractivity contribution in [3.05, 3.63) is 39.6 Å². The van der Waals surface area contributed by atoms with Crippen molar-refractivity contribution in [3.8, 4) is 11.4 Å². The van der Waals surface area contributed by atoms with Crippen molar-refractivity contribution < 1.29 is 0 Å². The van der Waals surface area contributed by atoms with Crippen LogP contribution in [0.5, 0.6) is 0 Å². The van der Waals surface area contributed by atoms with Crippen LogP contribution in [0, 0.1) is 10.5 Å². The second kappa shape index (κ2) is 5.44. The molecule has 1 aromatic heterocycles. The quantitative estimate of drug-likeness (QED) is 0.870. The third-order valence-corrected chi connectivity index (χ3v) is 3.26. The van der Waals surface area contributed by atoms with Crippen molar-refractivity contribution in [2.24, 2.45) is 0 Å². The van der Waals surface area contributed by atoms with E-state index in [4.69, 9.17) is 0 Å². The van der Waals surface area contributed by atoms with Crippen molar-refractivity contribution in [2.75, 3.05) is 11.9 Å². The Morgan fingerprint density at radius 3 is 2.76 bits per heavy atom. The van der Waals surface area contributed by atoms with E-state index in [9.17, 15) is 0 Å². The van der Waals surface area contributed by atoms with Crippen LogP contribution in [0.4, 0.5) is 5.82 Å². The minimum absolute atomic E-state index is 0.777. The maximum absolute atomic E-state index is 4.56. The normalized spacial score (nSPS) is 10.3. The predicted octanol–water partition coefficient (Wildman–Crippen LogP) is 3.49. The summed E-state index contributed by atoms with van der Waals surface area (Å²) in [6.45, 7) is 5.00. The van der Waals surface area contributed by atoms with E-state index in [0.29, 0.717) is 0 Å². The fourth-order valence-corrected chi connectivity index (χ4v) is 2.06. The molecular weight excluding hydrogens is 325 g/mol. The molecule has 2 aromatic rings. The summed E-state index contributed by atoms with van der Waals surface area (Å²) >= 11 is 2.24. The second-order valence-electron chi connectivity index (χ2n) is 3.74. The molecule has 0 fully saturated rings. The monoisotopic (exact) mass is 339 g/mol. The molecule has 1 N–H and O–H groups in total. The predicted molar refractivity (Wildman–Crippen MR) is 79.1 cm³/mol. The molecule has 0 amide bonds. The molecule has 0 saturated heterocycles. The Balaban J connectivity index is 2.46. The molecule has 1 heterocycles. The SMILES string of the molecule is CCNc1nc(-c2ccccc2C)ncc1I. The molecule has 0 saturated carbocycles. The van der Waals surface area contributed by atoms with Crippen LogP contribution in [0.3, 0.4) is 0 Å². The Morgan fingerprint density at radius 2 is 2.06 bits per heavy atom. The van der Waals surface area contributed by atoms with Crippen molar-refractivity contribution in [1.29, 1.82) is 0 Å². The van der Waals surface area contributed by atoms with Crippen LogP contribution in [0.25, 0.3) is 11.4 Å². The van der Waals surface area contributed by atoms with Gasteiger partial charge in [0.1, 0.15) is 5.82 Å². The summed E-state index contributed by atoms with van der Waals surface area (Å²) in [6.07, 6.45) is 1.85. The van der Waals surface area contributed by atoms with E-state index in [-0.39, 0.29) is 0 Å². The first kappa shape index (κ1) is 12.3. The van der Waals surface area contributed by atoms with Crippen molar-refractivity contribution in [3.63, 3.8) is 0 Å². The Labute approximate surface area is 115 Å². The third kappa shape index (κ3) is 2.74. The van der Waals surface area contributed by atoms with Gasteiger partial charge in [0.15, 0.2) is 5.82 Å². The van der Waals surface area contributed by atoms with Gasteiger partial charge in [-0.2, -0.15) is 0 Å². The highest BCUT2D eigenvalue weighted by Gasteiger charge is 2.07. The summed E-state index contributed by atoms with van der Waals surface area (Å²) in [7, 11) is 0. The number of aryl methyl sites for hydroxylation is 1. The lowest BCUT2D eigenvalue weighted by molar-refractivity contribution is 1.10. The lowest BCUT2D eigenvalue weighted by atomic mass is 10.1. The molecule has 0 atom stereocenters. The number of aromatic nitrogens is 2. The Hall–Kier alpha value is -1.17. The molecule has 17 heavy (non-hydrogen) atoms. The van der Waals surface area contributed by atoms with E-state index in [2.05, 4.69) is 57.8 Å². The van der Waals surface area contributed by atoms with E-state index >= 15 is 0 Å². The van der Waals surface area contributed by atoms with Crippen molar-refractivity contribution >= 4 is 28.4 Å². The number of rotatable bonds is 3. The zero-order chi connectivity index (χ0) is 12.3. The van der Waals surface area contributed by atoms with E-state index in [1.165, 1.54) is 5.56 Å². The van der Waals surface area contributed by atoms with Crippen LogP contribution < -0.4 is 5.32 Å². The molecule has 4 heteroatoms. The van der Waals surface area contributed by atoms with Crippen molar-refractivity contribution in [2.45, 2.75) is 13.8 Å². The Bertz CT molecular complexity index is 526. The van der Waals surface area contributed by atoms with Crippen LogP contribution in [-0.4, -0.2) is 16.5 Å². The molecule has 2 rings (SSSR count). The first-order chi connectivity index (χ1) is 8.22. The summed E-state index contributed by atoms with van der Waals surface area (Å²) in [4.78, 5) is 8.96. The summed E-state index contributed by atoms with van der Waals surface area (Å²) in [5.74, 6) is 1.68. The highest BCUT2D eigenvalue weighted by Crippen LogP contribution is 2.22. The van der Waals surface area contributed by atoms with Gasteiger partial charge < -0.3 is 5.32 Å². The van der Waals surface area contributed by atoms with Gasteiger partial charge >= 0.3 is 0 Å². The second-order valence-corrected chi connectivity index (χ2v) is 4.90. The number of halogens is 1.